The molecule has 0 unspecified atom stereocenters. The Kier molecular flexibility index (Phi) is 2.65. The Morgan fingerprint density at radius 1 is 1.17 bits per heavy atom. The summed E-state index contributed by atoms with van der Waals surface area (Å²) in [6.45, 7) is 2.77. The van der Waals surface area contributed by atoms with Gasteiger partial charge in [-0.05, 0) is 43.7 Å². The number of hydrogen-bond acceptors (Lipinski definition) is 1. The first-order chi connectivity index (χ1) is 8.42. The van der Waals surface area contributed by atoms with E-state index in [0.717, 1.165) is 25.1 Å². The number of alkyl halides is 2. The summed E-state index contributed by atoms with van der Waals surface area (Å²) >= 11 is 12.4. The molecular weight excluding hydrogens is 269 g/mol. The van der Waals surface area contributed by atoms with Crippen LogP contribution in [0.5, 0.6) is 0 Å². The van der Waals surface area contributed by atoms with Crippen molar-refractivity contribution in [3.8, 4) is 0 Å². The van der Waals surface area contributed by atoms with Gasteiger partial charge in [-0.25, -0.2) is 0 Å². The minimum Gasteiger partial charge on any atom is -0.309 e. The molecule has 1 saturated carbocycles. The fourth-order valence-electron chi connectivity index (χ4n) is 2.65. The Bertz CT molecular complexity index is 491. The highest BCUT2D eigenvalue weighted by molar-refractivity contribution is 6.59. The quantitative estimate of drug-likeness (QED) is 0.720. The van der Waals surface area contributed by atoms with Gasteiger partial charge in [-0.1, -0.05) is 40.9 Å². The lowest BCUT2D eigenvalue weighted by molar-refractivity contribution is -0.121. The van der Waals surface area contributed by atoms with Gasteiger partial charge in [0.2, 0.25) is 0 Å². The van der Waals surface area contributed by atoms with Crippen molar-refractivity contribution >= 4 is 34.8 Å². The second-order valence-electron chi connectivity index (χ2n) is 5.61. The van der Waals surface area contributed by atoms with Crippen LogP contribution >= 0.6 is 23.2 Å². The first-order valence-electron chi connectivity index (χ1n) is 6.18. The molecule has 2 aliphatic rings. The lowest BCUT2D eigenvalue weighted by Gasteiger charge is -2.39. The lowest BCUT2D eigenvalue weighted by Crippen LogP contribution is -2.52. The SMILES string of the molecule is Cc1ccc(N2CC3(CC3)CC(Cl)(Cl)C2=O)cc1. The molecule has 4 heteroatoms. The number of piperidine rings is 1. The second-order valence-corrected chi connectivity index (χ2v) is 7.09. The third-order valence-electron chi connectivity index (χ3n) is 3.95. The maximum absolute atomic E-state index is 12.3. The van der Waals surface area contributed by atoms with Gasteiger partial charge in [0.05, 0.1) is 0 Å². The van der Waals surface area contributed by atoms with Crippen molar-refractivity contribution < 1.29 is 4.79 Å². The summed E-state index contributed by atoms with van der Waals surface area (Å²) in [6, 6.07) is 7.92. The van der Waals surface area contributed by atoms with Gasteiger partial charge in [0.25, 0.3) is 5.91 Å². The first kappa shape index (κ1) is 12.3. The van der Waals surface area contributed by atoms with Gasteiger partial charge < -0.3 is 4.90 Å². The summed E-state index contributed by atoms with van der Waals surface area (Å²) in [5.74, 6) is -0.188. The van der Waals surface area contributed by atoms with Gasteiger partial charge in [-0.2, -0.15) is 0 Å². The molecule has 0 radical (unpaired) electrons. The summed E-state index contributed by atoms with van der Waals surface area (Å²) in [5.41, 5.74) is 2.22. The number of nitrogens with zero attached hydrogens (tertiary/aromatic N) is 1. The summed E-state index contributed by atoms with van der Waals surface area (Å²) in [6.07, 6.45) is 2.82. The third kappa shape index (κ3) is 2.02. The van der Waals surface area contributed by atoms with Crippen LogP contribution in [-0.4, -0.2) is 16.8 Å². The maximum atomic E-state index is 12.3. The highest BCUT2D eigenvalue weighted by Gasteiger charge is 2.57. The fraction of sp³-hybridized carbons (Fsp3) is 0.500. The van der Waals surface area contributed by atoms with Crippen LogP contribution in [0.4, 0.5) is 5.69 Å². The molecule has 1 aromatic carbocycles. The topological polar surface area (TPSA) is 20.3 Å². The standard InChI is InChI=1S/C14H15Cl2NO/c1-10-2-4-11(5-3-10)17-9-13(6-7-13)8-14(15,16)12(17)18/h2-5H,6-9H2,1H3. The zero-order valence-corrected chi connectivity index (χ0v) is 11.8. The lowest BCUT2D eigenvalue weighted by atomic mass is 9.93. The van der Waals surface area contributed by atoms with Crippen molar-refractivity contribution in [2.45, 2.75) is 30.5 Å². The van der Waals surface area contributed by atoms with Crippen molar-refractivity contribution in [2.75, 3.05) is 11.4 Å². The Hall–Kier alpha value is -0.730. The highest BCUT2D eigenvalue weighted by atomic mass is 35.5. The molecule has 3 rings (SSSR count). The minimum atomic E-state index is -1.26. The number of benzene rings is 1. The van der Waals surface area contributed by atoms with E-state index < -0.39 is 4.33 Å². The fourth-order valence-corrected chi connectivity index (χ4v) is 3.42. The summed E-state index contributed by atoms with van der Waals surface area (Å²) in [4.78, 5) is 14.1. The molecule has 96 valence electrons. The van der Waals surface area contributed by atoms with Gasteiger partial charge in [0.15, 0.2) is 4.33 Å². The van der Waals surface area contributed by atoms with Gasteiger partial charge >= 0.3 is 0 Å². The molecular formula is C14H15Cl2NO. The number of hydrogen-bond donors (Lipinski definition) is 0. The molecule has 1 saturated heterocycles. The van der Waals surface area contributed by atoms with E-state index in [1.807, 2.05) is 31.2 Å². The average molecular weight is 284 g/mol. The molecule has 1 aliphatic heterocycles. The van der Waals surface area contributed by atoms with Gasteiger partial charge in [-0.15, -0.1) is 0 Å². The number of halogens is 2. The zero-order chi connectivity index (χ0) is 13.0. The van der Waals surface area contributed by atoms with Crippen molar-refractivity contribution in [1.82, 2.24) is 0 Å². The van der Waals surface area contributed by atoms with Crippen LogP contribution in [0.2, 0.25) is 0 Å². The smallest absolute Gasteiger partial charge is 0.263 e. The van der Waals surface area contributed by atoms with E-state index in [9.17, 15) is 4.79 Å². The Morgan fingerprint density at radius 3 is 2.33 bits per heavy atom. The maximum Gasteiger partial charge on any atom is 0.263 e. The first-order valence-corrected chi connectivity index (χ1v) is 6.94. The monoisotopic (exact) mass is 283 g/mol. The number of aryl methyl sites for hydroxylation is 1. The number of carbonyl (C=O) groups is 1. The average Bonchev–Trinajstić information content (AvgIpc) is 3.04. The van der Waals surface area contributed by atoms with Crippen LogP contribution in [0.3, 0.4) is 0 Å². The summed E-state index contributed by atoms with van der Waals surface area (Å²) in [7, 11) is 0. The van der Waals surface area contributed by atoms with E-state index in [4.69, 9.17) is 23.2 Å². The van der Waals surface area contributed by atoms with Crippen LogP contribution in [-0.2, 0) is 4.79 Å². The normalized spacial score (nSPS) is 24.4. The molecule has 1 aliphatic carbocycles. The van der Waals surface area contributed by atoms with E-state index in [2.05, 4.69) is 0 Å². The van der Waals surface area contributed by atoms with E-state index in [-0.39, 0.29) is 11.3 Å². The molecule has 0 aromatic heterocycles. The highest BCUT2D eigenvalue weighted by Crippen LogP contribution is 2.57. The third-order valence-corrected chi connectivity index (χ3v) is 4.54. The van der Waals surface area contributed by atoms with E-state index in [1.54, 1.807) is 4.90 Å². The Balaban J connectivity index is 1.95. The zero-order valence-electron chi connectivity index (χ0n) is 10.2. The molecule has 0 N–H and O–H groups in total. The van der Waals surface area contributed by atoms with Crippen molar-refractivity contribution in [2.24, 2.45) is 5.41 Å². The summed E-state index contributed by atoms with van der Waals surface area (Å²) in [5, 5.41) is 0. The summed E-state index contributed by atoms with van der Waals surface area (Å²) < 4.78 is -1.26. The molecule has 2 nitrogen and oxygen atoms in total. The predicted molar refractivity (Wildman–Crippen MR) is 74.3 cm³/mol. The van der Waals surface area contributed by atoms with Crippen LogP contribution in [0.25, 0.3) is 0 Å². The molecule has 2 fully saturated rings. The van der Waals surface area contributed by atoms with Gasteiger partial charge in [0, 0.05) is 12.2 Å². The number of anilines is 1. The van der Waals surface area contributed by atoms with Crippen LogP contribution in [0.15, 0.2) is 24.3 Å². The van der Waals surface area contributed by atoms with Crippen molar-refractivity contribution in [1.29, 1.82) is 0 Å². The molecule has 0 atom stereocenters. The van der Waals surface area contributed by atoms with Crippen molar-refractivity contribution in [3.05, 3.63) is 29.8 Å². The van der Waals surface area contributed by atoms with E-state index in [1.165, 1.54) is 5.56 Å². The van der Waals surface area contributed by atoms with Crippen molar-refractivity contribution in [3.63, 3.8) is 0 Å². The second kappa shape index (κ2) is 3.88. The van der Waals surface area contributed by atoms with E-state index >= 15 is 0 Å². The van der Waals surface area contributed by atoms with E-state index in [0.29, 0.717) is 6.42 Å². The minimum absolute atomic E-state index is 0.155. The van der Waals surface area contributed by atoms with Crippen LogP contribution in [0, 0.1) is 12.3 Å². The number of carbonyl (C=O) groups excluding carboxylic acids is 1. The van der Waals surface area contributed by atoms with Gasteiger partial charge in [0.1, 0.15) is 0 Å². The molecule has 1 spiro atoms. The largest absolute Gasteiger partial charge is 0.309 e. The number of amides is 1. The molecule has 1 amide bonds. The Labute approximate surface area is 117 Å². The molecule has 1 aromatic rings. The molecule has 0 bridgehead atoms. The van der Waals surface area contributed by atoms with Crippen LogP contribution in [0.1, 0.15) is 24.8 Å². The van der Waals surface area contributed by atoms with Gasteiger partial charge in [-0.3, -0.25) is 4.79 Å². The Morgan fingerprint density at radius 2 is 1.78 bits per heavy atom. The molecule has 18 heavy (non-hydrogen) atoms. The predicted octanol–water partition coefficient (Wildman–Crippen LogP) is 3.69. The van der Waals surface area contributed by atoms with Crippen LogP contribution < -0.4 is 4.90 Å². The number of rotatable bonds is 1. The molecule has 1 heterocycles.